The van der Waals surface area contributed by atoms with E-state index in [-0.39, 0.29) is 23.1 Å². The molecule has 2 aromatic carbocycles. The van der Waals surface area contributed by atoms with E-state index in [4.69, 9.17) is 0 Å². The second-order valence-corrected chi connectivity index (χ2v) is 10.2. The monoisotopic (exact) mass is 512 g/mol. The molecule has 0 spiro atoms. The lowest BCUT2D eigenvalue weighted by atomic mass is 9.97. The molecule has 3 aromatic rings. The first-order valence-electron chi connectivity index (χ1n) is 12.7. The Morgan fingerprint density at radius 2 is 1.70 bits per heavy atom. The van der Waals surface area contributed by atoms with Crippen molar-refractivity contribution in [3.05, 3.63) is 69.3 Å². The minimum Gasteiger partial charge on any atom is -0.378 e. The Balaban J connectivity index is 1.49. The van der Waals surface area contributed by atoms with Crippen molar-refractivity contribution >= 4 is 28.2 Å². The van der Waals surface area contributed by atoms with Gasteiger partial charge in [-0.05, 0) is 73.5 Å². The first-order chi connectivity index (χ1) is 17.6. The Morgan fingerprint density at radius 3 is 2.35 bits per heavy atom. The molecule has 1 amide bonds. The molecule has 2 heterocycles. The number of fused-ring (bicyclic) bond motifs is 1. The number of aromatic nitrogens is 1. The molecular weight excluding hydrogens is 481 g/mol. The molecule has 196 valence electrons. The predicted molar refractivity (Wildman–Crippen MR) is 139 cm³/mol. The normalized spacial score (nSPS) is 16.9. The number of hydrogen-bond acceptors (Lipinski definition) is 4. The zero-order valence-electron chi connectivity index (χ0n) is 21.2. The van der Waals surface area contributed by atoms with E-state index in [9.17, 15) is 22.8 Å². The molecule has 5 rings (SSSR count). The number of aryl methyl sites for hydroxylation is 1. The highest BCUT2D eigenvalue weighted by Gasteiger charge is 2.35. The summed E-state index contributed by atoms with van der Waals surface area (Å²) >= 11 is 0. The minimum atomic E-state index is -2.83. The summed E-state index contributed by atoms with van der Waals surface area (Å²) < 4.78 is 42.4. The van der Waals surface area contributed by atoms with Crippen LogP contribution in [0.5, 0.6) is 0 Å². The maximum absolute atomic E-state index is 13.6. The number of piperazine rings is 1. The second kappa shape index (κ2) is 9.76. The smallest absolute Gasteiger partial charge is 0.265 e. The fourth-order valence-electron chi connectivity index (χ4n) is 5.24. The largest absolute Gasteiger partial charge is 0.378 e. The van der Waals surface area contributed by atoms with Gasteiger partial charge in [0.1, 0.15) is 11.6 Å². The molecule has 2 fully saturated rings. The Hall–Kier alpha value is -3.49. The van der Waals surface area contributed by atoms with Crippen LogP contribution in [0.4, 0.5) is 24.7 Å². The molecule has 1 atom stereocenters. The molecule has 0 radical (unpaired) electrons. The molecule has 1 aliphatic heterocycles. The number of hydrogen-bond donors (Lipinski definition) is 1. The van der Waals surface area contributed by atoms with Crippen LogP contribution in [0.2, 0.25) is 0 Å². The molecule has 0 bridgehead atoms. The van der Waals surface area contributed by atoms with Crippen LogP contribution in [0.1, 0.15) is 48.9 Å². The van der Waals surface area contributed by atoms with Gasteiger partial charge in [-0.1, -0.05) is 6.07 Å². The van der Waals surface area contributed by atoms with Crippen LogP contribution in [0, 0.1) is 18.7 Å². The van der Waals surface area contributed by atoms with Gasteiger partial charge in [-0.25, -0.2) is 13.2 Å². The lowest BCUT2D eigenvalue weighted by Gasteiger charge is -2.37. The number of anilines is 2. The molecule has 1 N–H and O–H groups in total. The third-order valence-corrected chi connectivity index (χ3v) is 7.44. The van der Waals surface area contributed by atoms with Gasteiger partial charge >= 0.3 is 0 Å². The predicted octanol–water partition coefficient (Wildman–Crippen LogP) is 5.16. The molecule has 1 saturated heterocycles. The molecule has 9 heteroatoms. The number of benzene rings is 2. The van der Waals surface area contributed by atoms with E-state index >= 15 is 0 Å². The number of pyridine rings is 1. The standard InChI is InChI=1S/C28H31F3N4O2/c1-16-12-20(17(2)32-24-7-6-19(29)14-23(24)26(30)31)21-15-25(33(3)28(37)22(21)13-16)34-8-10-35(11-9-34)27(36)18-4-5-18/h6-7,12-15,17-18,26,32H,4-5,8-11H2,1-3H3/t17-/m1/s1. The quantitative estimate of drug-likeness (QED) is 0.496. The van der Waals surface area contributed by atoms with Crippen molar-refractivity contribution in [3.63, 3.8) is 0 Å². The highest BCUT2D eigenvalue weighted by atomic mass is 19.3. The topological polar surface area (TPSA) is 57.6 Å². The third kappa shape index (κ3) is 4.91. The van der Waals surface area contributed by atoms with Crippen LogP contribution in [0.15, 0.2) is 41.2 Å². The van der Waals surface area contributed by atoms with Crippen LogP contribution in [-0.2, 0) is 11.8 Å². The summed E-state index contributed by atoms with van der Waals surface area (Å²) in [4.78, 5) is 29.9. The first-order valence-corrected chi connectivity index (χ1v) is 12.7. The second-order valence-electron chi connectivity index (χ2n) is 10.2. The Morgan fingerprint density at radius 1 is 1.00 bits per heavy atom. The van der Waals surface area contributed by atoms with Crippen molar-refractivity contribution in [1.29, 1.82) is 0 Å². The molecule has 1 aliphatic carbocycles. The minimum absolute atomic E-state index is 0.142. The van der Waals surface area contributed by atoms with Crippen LogP contribution < -0.4 is 15.8 Å². The van der Waals surface area contributed by atoms with E-state index in [0.717, 1.165) is 47.3 Å². The van der Waals surface area contributed by atoms with E-state index in [1.165, 1.54) is 6.07 Å². The highest BCUT2D eigenvalue weighted by Crippen LogP contribution is 2.34. The fourth-order valence-corrected chi connectivity index (χ4v) is 5.24. The van der Waals surface area contributed by atoms with Crippen LogP contribution in [-0.4, -0.2) is 41.6 Å². The molecule has 1 saturated carbocycles. The summed E-state index contributed by atoms with van der Waals surface area (Å²) in [6.07, 6.45) is -0.878. The average molecular weight is 513 g/mol. The third-order valence-electron chi connectivity index (χ3n) is 7.44. The van der Waals surface area contributed by atoms with E-state index in [1.54, 1.807) is 11.6 Å². The van der Waals surface area contributed by atoms with E-state index < -0.39 is 23.8 Å². The van der Waals surface area contributed by atoms with Crippen LogP contribution in [0.25, 0.3) is 10.8 Å². The van der Waals surface area contributed by atoms with Crippen molar-refractivity contribution in [3.8, 4) is 0 Å². The van der Waals surface area contributed by atoms with E-state index in [0.29, 0.717) is 31.6 Å². The molecule has 2 aliphatic rings. The average Bonchev–Trinajstić information content (AvgIpc) is 3.72. The van der Waals surface area contributed by atoms with Crippen molar-refractivity contribution in [1.82, 2.24) is 9.47 Å². The summed E-state index contributed by atoms with van der Waals surface area (Å²) in [5.41, 5.74) is 1.27. The van der Waals surface area contributed by atoms with E-state index in [2.05, 4.69) is 10.2 Å². The van der Waals surface area contributed by atoms with Gasteiger partial charge in [0.2, 0.25) is 5.91 Å². The molecule has 0 unspecified atom stereocenters. The number of carbonyl (C=O) groups excluding carboxylic acids is 1. The molecular formula is C28H31F3N4O2. The first kappa shape index (κ1) is 25.2. The zero-order valence-corrected chi connectivity index (χ0v) is 21.2. The number of halogens is 3. The molecule has 37 heavy (non-hydrogen) atoms. The van der Waals surface area contributed by atoms with Gasteiger partial charge in [0.25, 0.3) is 12.0 Å². The lowest BCUT2D eigenvalue weighted by molar-refractivity contribution is -0.132. The van der Waals surface area contributed by atoms with Gasteiger partial charge < -0.3 is 15.1 Å². The SMILES string of the molecule is Cc1cc([C@@H](C)Nc2ccc(F)cc2C(F)F)c2cc(N3CCN(C(=O)C4CC4)CC3)n(C)c(=O)c2c1. The Kier molecular flexibility index (Phi) is 6.64. The maximum atomic E-state index is 13.6. The fraction of sp³-hybridized carbons (Fsp3) is 0.429. The number of amides is 1. The molecule has 6 nitrogen and oxygen atoms in total. The summed E-state index contributed by atoms with van der Waals surface area (Å²) in [7, 11) is 1.75. The lowest BCUT2D eigenvalue weighted by Crippen LogP contribution is -2.50. The van der Waals surface area contributed by atoms with Gasteiger partial charge in [0.15, 0.2) is 0 Å². The van der Waals surface area contributed by atoms with Crippen molar-refractivity contribution in [2.45, 2.75) is 39.2 Å². The summed E-state index contributed by atoms with van der Waals surface area (Å²) in [5.74, 6) is 0.446. The van der Waals surface area contributed by atoms with Crippen molar-refractivity contribution < 1.29 is 18.0 Å². The van der Waals surface area contributed by atoms with Gasteiger partial charge in [-0.3, -0.25) is 14.2 Å². The number of carbonyl (C=O) groups is 1. The van der Waals surface area contributed by atoms with Gasteiger partial charge in [-0.15, -0.1) is 0 Å². The molecule has 1 aromatic heterocycles. The van der Waals surface area contributed by atoms with Crippen LogP contribution >= 0.6 is 0 Å². The Bertz CT molecular complexity index is 1410. The van der Waals surface area contributed by atoms with E-state index in [1.807, 2.05) is 36.9 Å². The van der Waals surface area contributed by atoms with Crippen molar-refractivity contribution in [2.24, 2.45) is 13.0 Å². The maximum Gasteiger partial charge on any atom is 0.265 e. The number of alkyl halides is 2. The van der Waals surface area contributed by atoms with Crippen LogP contribution in [0.3, 0.4) is 0 Å². The zero-order chi connectivity index (χ0) is 26.4. The number of nitrogens with zero attached hydrogens (tertiary/aromatic N) is 3. The van der Waals surface area contributed by atoms with Crippen molar-refractivity contribution in [2.75, 3.05) is 36.4 Å². The summed E-state index contributed by atoms with van der Waals surface area (Å²) in [6.45, 7) is 6.20. The number of rotatable bonds is 6. The Labute approximate surface area is 213 Å². The summed E-state index contributed by atoms with van der Waals surface area (Å²) in [5, 5.41) is 4.39. The van der Waals surface area contributed by atoms with Gasteiger partial charge in [-0.2, -0.15) is 0 Å². The number of nitrogens with one attached hydrogen (secondary N) is 1. The highest BCUT2D eigenvalue weighted by molar-refractivity contribution is 5.89. The van der Waals surface area contributed by atoms with Gasteiger partial charge in [0, 0.05) is 61.8 Å². The summed E-state index contributed by atoms with van der Waals surface area (Å²) in [6, 6.07) is 8.64. The van der Waals surface area contributed by atoms with Gasteiger partial charge in [0.05, 0.1) is 0 Å².